The number of halogens is 1. The molecule has 0 aromatic heterocycles. The average Bonchev–Trinajstić information content (AvgIpc) is 2.99. The molecule has 0 saturated carbocycles. The molecule has 144 valence electrons. The normalized spacial score (nSPS) is 12.8. The third-order valence-electron chi connectivity index (χ3n) is 4.76. The molecule has 0 atom stereocenters. The van der Waals surface area contributed by atoms with Crippen LogP contribution in [-0.4, -0.2) is 17.7 Å². The van der Waals surface area contributed by atoms with Crippen LogP contribution in [0.1, 0.15) is 31.8 Å². The summed E-state index contributed by atoms with van der Waals surface area (Å²) in [6, 6.07) is 19.4. The molecular formula is C23H17FN2O3. The smallest absolute Gasteiger partial charge is 0.266 e. The molecule has 0 unspecified atom stereocenters. The summed E-state index contributed by atoms with van der Waals surface area (Å²) >= 11 is 0. The van der Waals surface area contributed by atoms with E-state index in [2.05, 4.69) is 5.32 Å². The van der Waals surface area contributed by atoms with Crippen LogP contribution in [0.3, 0.4) is 0 Å². The summed E-state index contributed by atoms with van der Waals surface area (Å²) in [5, 5.41) is 2.78. The van der Waals surface area contributed by atoms with Gasteiger partial charge in [-0.05, 0) is 47.5 Å². The van der Waals surface area contributed by atoms with Gasteiger partial charge in [0.15, 0.2) is 0 Å². The maximum absolute atomic E-state index is 12.9. The van der Waals surface area contributed by atoms with Crippen molar-refractivity contribution >= 4 is 23.4 Å². The molecular weight excluding hydrogens is 371 g/mol. The van der Waals surface area contributed by atoms with Crippen LogP contribution < -0.4 is 10.2 Å². The Morgan fingerprint density at radius 2 is 1.34 bits per heavy atom. The van der Waals surface area contributed by atoms with Gasteiger partial charge >= 0.3 is 0 Å². The Kier molecular flexibility index (Phi) is 4.91. The molecule has 5 nitrogen and oxygen atoms in total. The van der Waals surface area contributed by atoms with E-state index in [0.29, 0.717) is 23.4 Å². The fourth-order valence-corrected chi connectivity index (χ4v) is 3.24. The summed E-state index contributed by atoms with van der Waals surface area (Å²) in [4.78, 5) is 38.3. The number of nitrogens with one attached hydrogen (secondary N) is 1. The fourth-order valence-electron chi connectivity index (χ4n) is 3.24. The lowest BCUT2D eigenvalue weighted by atomic mass is 10.1. The van der Waals surface area contributed by atoms with Crippen LogP contribution in [0.5, 0.6) is 0 Å². The van der Waals surface area contributed by atoms with E-state index in [1.165, 1.54) is 12.1 Å². The van der Waals surface area contributed by atoms with Crippen molar-refractivity contribution in [2.45, 2.75) is 13.0 Å². The van der Waals surface area contributed by atoms with Gasteiger partial charge in [0.1, 0.15) is 5.82 Å². The minimum Gasteiger partial charge on any atom is -0.352 e. The van der Waals surface area contributed by atoms with Crippen molar-refractivity contribution in [1.29, 1.82) is 0 Å². The number of fused-ring (bicyclic) bond motifs is 1. The number of anilines is 1. The molecule has 1 aliphatic heterocycles. The molecule has 1 aliphatic rings. The van der Waals surface area contributed by atoms with Crippen molar-refractivity contribution in [3.63, 3.8) is 0 Å². The van der Waals surface area contributed by atoms with Crippen LogP contribution in [0.25, 0.3) is 0 Å². The molecule has 0 saturated heterocycles. The van der Waals surface area contributed by atoms with Crippen LogP contribution >= 0.6 is 0 Å². The molecule has 3 aromatic rings. The second-order valence-corrected chi connectivity index (χ2v) is 6.74. The molecule has 6 heteroatoms. The van der Waals surface area contributed by atoms with Gasteiger partial charge in [0.05, 0.1) is 23.2 Å². The number of carbonyl (C=O) groups excluding carboxylic acids is 3. The SMILES string of the molecule is O=C(Cc1ccc(N2C(=O)c3ccccc3C2=O)cc1)NCc1ccc(F)cc1. The number of imide groups is 1. The minimum absolute atomic E-state index is 0.156. The average molecular weight is 388 g/mol. The standard InChI is InChI=1S/C23H17FN2O3/c24-17-9-5-16(6-10-17)14-25-21(27)13-15-7-11-18(12-8-15)26-22(28)19-3-1-2-4-20(19)23(26)29/h1-12H,13-14H2,(H,25,27). The monoisotopic (exact) mass is 388 g/mol. The molecule has 29 heavy (non-hydrogen) atoms. The number of hydrogen-bond acceptors (Lipinski definition) is 3. The van der Waals surface area contributed by atoms with Gasteiger partial charge in [-0.3, -0.25) is 14.4 Å². The number of amides is 3. The molecule has 4 rings (SSSR count). The molecule has 0 aliphatic carbocycles. The summed E-state index contributed by atoms with van der Waals surface area (Å²) in [6.07, 6.45) is 0.156. The van der Waals surface area contributed by atoms with Crippen molar-refractivity contribution in [3.05, 3.63) is 101 Å². The summed E-state index contributed by atoms with van der Waals surface area (Å²) in [5.41, 5.74) is 2.80. The quantitative estimate of drug-likeness (QED) is 0.681. The largest absolute Gasteiger partial charge is 0.352 e. The van der Waals surface area contributed by atoms with Crippen LogP contribution in [0.2, 0.25) is 0 Å². The molecule has 3 aromatic carbocycles. The Morgan fingerprint density at radius 3 is 1.93 bits per heavy atom. The van der Waals surface area contributed by atoms with Crippen LogP contribution in [0.15, 0.2) is 72.8 Å². The van der Waals surface area contributed by atoms with E-state index in [4.69, 9.17) is 0 Å². The topological polar surface area (TPSA) is 66.5 Å². The molecule has 0 spiro atoms. The van der Waals surface area contributed by atoms with E-state index in [0.717, 1.165) is 16.0 Å². The second-order valence-electron chi connectivity index (χ2n) is 6.74. The highest BCUT2D eigenvalue weighted by Crippen LogP contribution is 2.28. The second kappa shape index (κ2) is 7.67. The summed E-state index contributed by atoms with van der Waals surface area (Å²) in [6.45, 7) is 0.312. The third kappa shape index (κ3) is 3.78. The highest BCUT2D eigenvalue weighted by molar-refractivity contribution is 6.34. The summed E-state index contributed by atoms with van der Waals surface area (Å²) < 4.78 is 12.9. The van der Waals surface area contributed by atoms with E-state index in [-0.39, 0.29) is 30.0 Å². The number of rotatable bonds is 5. The fraction of sp³-hybridized carbons (Fsp3) is 0.0870. The molecule has 0 fully saturated rings. The zero-order valence-corrected chi connectivity index (χ0v) is 15.4. The van der Waals surface area contributed by atoms with Crippen LogP contribution in [0, 0.1) is 5.82 Å². The minimum atomic E-state index is -0.351. The lowest BCUT2D eigenvalue weighted by Gasteiger charge is -2.14. The van der Waals surface area contributed by atoms with Gasteiger partial charge in [-0.25, -0.2) is 9.29 Å². The van der Waals surface area contributed by atoms with Crippen molar-refractivity contribution in [1.82, 2.24) is 5.32 Å². The molecule has 0 bridgehead atoms. The number of benzene rings is 3. The van der Waals surface area contributed by atoms with Gasteiger partial charge in [-0.15, -0.1) is 0 Å². The first kappa shape index (κ1) is 18.6. The van der Waals surface area contributed by atoms with Gasteiger partial charge in [-0.2, -0.15) is 0 Å². The molecule has 3 amide bonds. The predicted molar refractivity (Wildman–Crippen MR) is 106 cm³/mol. The first-order chi connectivity index (χ1) is 14.0. The molecule has 1 N–H and O–H groups in total. The zero-order chi connectivity index (χ0) is 20.4. The lowest BCUT2D eigenvalue weighted by molar-refractivity contribution is -0.120. The maximum Gasteiger partial charge on any atom is 0.266 e. The highest BCUT2D eigenvalue weighted by Gasteiger charge is 2.36. The first-order valence-corrected chi connectivity index (χ1v) is 9.11. The highest BCUT2D eigenvalue weighted by atomic mass is 19.1. The summed E-state index contributed by atoms with van der Waals surface area (Å²) in [5.74, 6) is -1.20. The Balaban J connectivity index is 1.39. The van der Waals surface area contributed by atoms with Gasteiger partial charge in [0.25, 0.3) is 11.8 Å². The van der Waals surface area contributed by atoms with Gasteiger partial charge < -0.3 is 5.32 Å². The van der Waals surface area contributed by atoms with Crippen molar-refractivity contribution in [2.75, 3.05) is 4.90 Å². The predicted octanol–water partition coefficient (Wildman–Crippen LogP) is 3.49. The van der Waals surface area contributed by atoms with Crippen molar-refractivity contribution in [3.8, 4) is 0 Å². The summed E-state index contributed by atoms with van der Waals surface area (Å²) in [7, 11) is 0. The van der Waals surface area contributed by atoms with Gasteiger partial charge in [0, 0.05) is 6.54 Å². The Labute approximate surface area is 166 Å². The number of nitrogens with zero attached hydrogens (tertiary/aromatic N) is 1. The van der Waals surface area contributed by atoms with Gasteiger partial charge in [0.2, 0.25) is 5.91 Å². The zero-order valence-electron chi connectivity index (χ0n) is 15.4. The van der Waals surface area contributed by atoms with Crippen LogP contribution in [-0.2, 0) is 17.8 Å². The van der Waals surface area contributed by atoms with Crippen molar-refractivity contribution in [2.24, 2.45) is 0 Å². The van der Waals surface area contributed by atoms with E-state index in [1.807, 2.05) is 0 Å². The number of hydrogen-bond donors (Lipinski definition) is 1. The molecule has 1 heterocycles. The Bertz CT molecular complexity index is 1060. The number of carbonyl (C=O) groups is 3. The Hall–Kier alpha value is -3.80. The van der Waals surface area contributed by atoms with Crippen molar-refractivity contribution < 1.29 is 18.8 Å². The van der Waals surface area contributed by atoms with Crippen LogP contribution in [0.4, 0.5) is 10.1 Å². The van der Waals surface area contributed by atoms with E-state index < -0.39 is 0 Å². The van der Waals surface area contributed by atoms with Gasteiger partial charge in [-0.1, -0.05) is 36.4 Å². The van der Waals surface area contributed by atoms with E-state index in [9.17, 15) is 18.8 Å². The van der Waals surface area contributed by atoms with E-state index >= 15 is 0 Å². The Morgan fingerprint density at radius 1 is 0.793 bits per heavy atom. The third-order valence-corrected chi connectivity index (χ3v) is 4.76. The first-order valence-electron chi connectivity index (χ1n) is 9.11. The molecule has 0 radical (unpaired) electrons. The maximum atomic E-state index is 12.9. The lowest BCUT2D eigenvalue weighted by Crippen LogP contribution is -2.29. The van der Waals surface area contributed by atoms with E-state index in [1.54, 1.807) is 60.7 Å².